The summed E-state index contributed by atoms with van der Waals surface area (Å²) in [7, 11) is -3.27. The van der Waals surface area contributed by atoms with E-state index in [9.17, 15) is 13.2 Å². The van der Waals surface area contributed by atoms with Crippen molar-refractivity contribution < 1.29 is 13.2 Å². The highest BCUT2D eigenvalue weighted by atomic mass is 32.2. The highest BCUT2D eigenvalue weighted by molar-refractivity contribution is 7.92. The van der Waals surface area contributed by atoms with E-state index < -0.39 is 9.84 Å². The molecule has 0 aromatic carbocycles. The van der Waals surface area contributed by atoms with E-state index in [2.05, 4.69) is 0 Å². The first kappa shape index (κ1) is 14.4. The maximum atomic E-state index is 11.8. The zero-order valence-corrected chi connectivity index (χ0v) is 12.0. The van der Waals surface area contributed by atoms with Gasteiger partial charge in [0, 0.05) is 4.88 Å². The number of hydrogen-bond donors (Lipinski definition) is 0. The first-order valence-electron chi connectivity index (χ1n) is 5.66. The maximum absolute atomic E-state index is 11.8. The molecule has 0 fully saturated rings. The lowest BCUT2D eigenvalue weighted by Crippen LogP contribution is -2.21. The molecule has 0 bridgehead atoms. The Labute approximate surface area is 107 Å². The van der Waals surface area contributed by atoms with Gasteiger partial charge < -0.3 is 0 Å². The largest absolute Gasteiger partial charge is 0.292 e. The fourth-order valence-corrected chi connectivity index (χ4v) is 4.22. The highest BCUT2D eigenvalue weighted by Gasteiger charge is 2.20. The third kappa shape index (κ3) is 4.60. The Morgan fingerprint density at radius 1 is 1.35 bits per heavy atom. The van der Waals surface area contributed by atoms with Crippen molar-refractivity contribution in [1.29, 1.82) is 0 Å². The molecule has 3 nitrogen and oxygen atoms in total. The van der Waals surface area contributed by atoms with Gasteiger partial charge in [-0.05, 0) is 24.5 Å². The summed E-state index contributed by atoms with van der Waals surface area (Å²) in [4.78, 5) is 13.5. The van der Waals surface area contributed by atoms with Crippen LogP contribution in [0, 0.1) is 5.92 Å². The van der Waals surface area contributed by atoms with Gasteiger partial charge in [-0.3, -0.25) is 4.79 Å². The molecule has 0 spiro atoms. The fraction of sp³-hybridized carbons (Fsp3) is 0.583. The predicted octanol–water partition coefficient (Wildman–Crippen LogP) is 2.56. The van der Waals surface area contributed by atoms with Crippen molar-refractivity contribution in [3.63, 3.8) is 0 Å². The highest BCUT2D eigenvalue weighted by Crippen LogP contribution is 2.18. The van der Waals surface area contributed by atoms with Gasteiger partial charge in [-0.25, -0.2) is 8.42 Å². The minimum Gasteiger partial charge on any atom is -0.292 e. The topological polar surface area (TPSA) is 51.2 Å². The number of carbonyl (C=O) groups excluding carboxylic acids is 1. The lowest BCUT2D eigenvalue weighted by Gasteiger charge is -2.05. The van der Waals surface area contributed by atoms with Crippen molar-refractivity contribution in [2.75, 3.05) is 11.5 Å². The number of aryl methyl sites for hydroxylation is 1. The number of Topliss-reactive ketones (excluding diaryl/α,β-unsaturated/α-hetero) is 1. The summed E-state index contributed by atoms with van der Waals surface area (Å²) in [5.41, 5.74) is 0. The summed E-state index contributed by atoms with van der Waals surface area (Å²) in [6, 6.07) is 3.60. The molecule has 1 rings (SSSR count). The number of sulfone groups is 1. The standard InChI is InChI=1S/C12H18O3S2/c1-4-10-5-6-12(16-10)11(13)8-17(14,15)7-9(2)3/h5-6,9H,4,7-8H2,1-3H3. The molecule has 17 heavy (non-hydrogen) atoms. The Bertz CT molecular complexity index is 484. The van der Waals surface area contributed by atoms with Gasteiger partial charge in [-0.2, -0.15) is 0 Å². The van der Waals surface area contributed by atoms with Gasteiger partial charge in [0.1, 0.15) is 5.75 Å². The molecule has 0 radical (unpaired) electrons. The molecule has 0 aliphatic heterocycles. The van der Waals surface area contributed by atoms with E-state index >= 15 is 0 Å². The SMILES string of the molecule is CCc1ccc(C(=O)CS(=O)(=O)CC(C)C)s1. The average molecular weight is 274 g/mol. The van der Waals surface area contributed by atoms with Crippen LogP contribution in [0.1, 0.15) is 35.3 Å². The van der Waals surface area contributed by atoms with Gasteiger partial charge in [0.2, 0.25) is 0 Å². The number of carbonyl (C=O) groups is 1. The number of rotatable bonds is 6. The molecule has 0 saturated heterocycles. The van der Waals surface area contributed by atoms with Gasteiger partial charge in [0.25, 0.3) is 0 Å². The van der Waals surface area contributed by atoms with Crippen molar-refractivity contribution in [3.05, 3.63) is 21.9 Å². The van der Waals surface area contributed by atoms with Gasteiger partial charge in [-0.1, -0.05) is 20.8 Å². The van der Waals surface area contributed by atoms with E-state index in [1.807, 2.05) is 26.8 Å². The van der Waals surface area contributed by atoms with E-state index in [0.717, 1.165) is 11.3 Å². The van der Waals surface area contributed by atoms with Crippen LogP contribution in [0.15, 0.2) is 12.1 Å². The second-order valence-corrected chi connectivity index (χ2v) is 7.77. The molecule has 1 aromatic heterocycles. The summed E-state index contributed by atoms with van der Waals surface area (Å²) in [6.45, 7) is 5.68. The maximum Gasteiger partial charge on any atom is 0.187 e. The van der Waals surface area contributed by atoms with Crippen molar-refractivity contribution in [2.45, 2.75) is 27.2 Å². The molecule has 1 aromatic rings. The average Bonchev–Trinajstić information content (AvgIpc) is 2.62. The summed E-state index contributed by atoms with van der Waals surface area (Å²) in [5, 5.41) is 0. The predicted molar refractivity (Wildman–Crippen MR) is 71.5 cm³/mol. The third-order valence-corrected chi connectivity index (χ3v) is 5.37. The molecule has 0 aliphatic rings. The van der Waals surface area contributed by atoms with E-state index in [-0.39, 0.29) is 23.2 Å². The quantitative estimate of drug-likeness (QED) is 0.749. The Balaban J connectivity index is 2.72. The molecule has 0 saturated carbocycles. The lowest BCUT2D eigenvalue weighted by molar-refractivity contribution is 0.102. The van der Waals surface area contributed by atoms with Crippen LogP contribution in [-0.2, 0) is 16.3 Å². The van der Waals surface area contributed by atoms with Crippen LogP contribution in [-0.4, -0.2) is 25.7 Å². The molecule has 0 unspecified atom stereocenters. The van der Waals surface area contributed by atoms with E-state index in [0.29, 0.717) is 4.88 Å². The molecule has 96 valence electrons. The zero-order chi connectivity index (χ0) is 13.1. The fourth-order valence-electron chi connectivity index (χ4n) is 1.56. The lowest BCUT2D eigenvalue weighted by atomic mass is 10.3. The molecular weight excluding hydrogens is 256 g/mol. The van der Waals surface area contributed by atoms with Crippen molar-refractivity contribution in [3.8, 4) is 0 Å². The molecular formula is C12H18O3S2. The minimum atomic E-state index is -3.27. The molecule has 0 N–H and O–H groups in total. The van der Waals surface area contributed by atoms with Gasteiger partial charge in [0.15, 0.2) is 15.6 Å². The van der Waals surface area contributed by atoms with Crippen molar-refractivity contribution in [2.24, 2.45) is 5.92 Å². The van der Waals surface area contributed by atoms with Crippen LogP contribution in [0.5, 0.6) is 0 Å². The normalized spacial score (nSPS) is 12.0. The smallest absolute Gasteiger partial charge is 0.187 e. The molecule has 0 aliphatic carbocycles. The molecule has 0 amide bonds. The van der Waals surface area contributed by atoms with E-state index in [1.54, 1.807) is 6.07 Å². The Hall–Kier alpha value is -0.680. The van der Waals surface area contributed by atoms with Crippen LogP contribution in [0.3, 0.4) is 0 Å². The van der Waals surface area contributed by atoms with E-state index in [4.69, 9.17) is 0 Å². The second-order valence-electron chi connectivity index (χ2n) is 4.49. The van der Waals surface area contributed by atoms with Gasteiger partial charge in [0.05, 0.1) is 10.6 Å². The van der Waals surface area contributed by atoms with Crippen LogP contribution >= 0.6 is 11.3 Å². The summed E-state index contributed by atoms with van der Waals surface area (Å²) in [5.74, 6) is -0.516. The van der Waals surface area contributed by atoms with Gasteiger partial charge in [-0.15, -0.1) is 11.3 Å². The van der Waals surface area contributed by atoms with Crippen molar-refractivity contribution in [1.82, 2.24) is 0 Å². The summed E-state index contributed by atoms with van der Waals surface area (Å²) < 4.78 is 23.4. The zero-order valence-electron chi connectivity index (χ0n) is 10.4. The van der Waals surface area contributed by atoms with E-state index in [1.165, 1.54) is 11.3 Å². The Morgan fingerprint density at radius 3 is 2.47 bits per heavy atom. The summed E-state index contributed by atoms with van der Waals surface area (Å²) >= 11 is 1.39. The molecule has 1 heterocycles. The first-order valence-corrected chi connectivity index (χ1v) is 8.30. The molecule has 5 heteroatoms. The number of thiophene rings is 1. The number of hydrogen-bond acceptors (Lipinski definition) is 4. The van der Waals surface area contributed by atoms with Crippen molar-refractivity contribution >= 4 is 27.0 Å². The summed E-state index contributed by atoms with van der Waals surface area (Å²) in [6.07, 6.45) is 0.872. The first-order chi connectivity index (χ1) is 7.84. The molecule has 0 atom stereocenters. The third-order valence-electron chi connectivity index (χ3n) is 2.22. The number of ketones is 1. The monoisotopic (exact) mass is 274 g/mol. The van der Waals surface area contributed by atoms with Crippen LogP contribution < -0.4 is 0 Å². The van der Waals surface area contributed by atoms with Crippen LogP contribution in [0.4, 0.5) is 0 Å². The second kappa shape index (κ2) is 5.78. The Kier molecular flexibility index (Phi) is 4.89. The van der Waals surface area contributed by atoms with Gasteiger partial charge >= 0.3 is 0 Å². The van der Waals surface area contributed by atoms with Crippen LogP contribution in [0.25, 0.3) is 0 Å². The minimum absolute atomic E-state index is 0.0577. The van der Waals surface area contributed by atoms with Crippen LogP contribution in [0.2, 0.25) is 0 Å². The Morgan fingerprint density at radius 2 is 2.00 bits per heavy atom.